The van der Waals surface area contributed by atoms with Crippen LogP contribution in [0.4, 0.5) is 0 Å². The fourth-order valence-corrected chi connectivity index (χ4v) is 1.58. The molecule has 0 spiro atoms. The molecule has 0 radical (unpaired) electrons. The van der Waals surface area contributed by atoms with E-state index in [0.717, 1.165) is 6.54 Å². The highest BCUT2D eigenvalue weighted by Crippen LogP contribution is 2.10. The summed E-state index contributed by atoms with van der Waals surface area (Å²) in [5, 5.41) is 3.57. The fourth-order valence-electron chi connectivity index (χ4n) is 1.58. The first-order valence-corrected chi connectivity index (χ1v) is 4.74. The maximum atomic E-state index is 8.19. The maximum Gasteiger partial charge on any atom is 0.0482 e. The van der Waals surface area contributed by atoms with Crippen molar-refractivity contribution in [3.8, 4) is 0 Å². The first-order chi connectivity index (χ1) is 6.36. The third-order valence-corrected chi connectivity index (χ3v) is 2.37. The lowest BCUT2D eigenvalue weighted by Crippen LogP contribution is -2.22. The zero-order valence-electron chi connectivity index (χ0n) is 8.11. The highest BCUT2D eigenvalue weighted by Gasteiger charge is 2.11. The molecular formula is C9H16N4. The van der Waals surface area contributed by atoms with Gasteiger partial charge in [0.2, 0.25) is 0 Å². The van der Waals surface area contributed by atoms with Gasteiger partial charge >= 0.3 is 0 Å². The zero-order valence-corrected chi connectivity index (χ0v) is 8.11. The van der Waals surface area contributed by atoms with Crippen molar-refractivity contribution in [3.63, 3.8) is 0 Å². The Labute approximate surface area is 78.9 Å². The quantitative estimate of drug-likeness (QED) is 0.283. The topological polar surface area (TPSA) is 52.0 Å². The van der Waals surface area contributed by atoms with Gasteiger partial charge in [-0.15, -0.1) is 0 Å². The molecule has 4 heteroatoms. The molecule has 0 saturated carbocycles. The normalized spacial score (nSPS) is 18.7. The third-order valence-electron chi connectivity index (χ3n) is 2.37. The molecular weight excluding hydrogens is 164 g/mol. The predicted molar refractivity (Wildman–Crippen MR) is 53.4 cm³/mol. The lowest BCUT2D eigenvalue weighted by Gasteiger charge is -2.15. The summed E-state index contributed by atoms with van der Waals surface area (Å²) in [4.78, 5) is 5.17. The minimum absolute atomic E-state index is 0.517. The standard InChI is InChI=1S/C9H16N4/c1-2-9(7-11-12-10)8-13-5-3-4-6-13/h2H,3-8H2,1H3. The van der Waals surface area contributed by atoms with Crippen LogP contribution < -0.4 is 0 Å². The van der Waals surface area contributed by atoms with E-state index in [1.807, 2.05) is 13.0 Å². The largest absolute Gasteiger partial charge is 0.299 e. The van der Waals surface area contributed by atoms with E-state index in [4.69, 9.17) is 5.53 Å². The van der Waals surface area contributed by atoms with Gasteiger partial charge in [0.1, 0.15) is 0 Å². The average Bonchev–Trinajstić information content (AvgIpc) is 2.64. The van der Waals surface area contributed by atoms with E-state index in [1.54, 1.807) is 0 Å². The summed E-state index contributed by atoms with van der Waals surface area (Å²) < 4.78 is 0. The Morgan fingerprint density at radius 1 is 1.54 bits per heavy atom. The van der Waals surface area contributed by atoms with Crippen LogP contribution >= 0.6 is 0 Å². The van der Waals surface area contributed by atoms with Crippen LogP contribution in [0.1, 0.15) is 19.8 Å². The van der Waals surface area contributed by atoms with E-state index >= 15 is 0 Å². The second-order valence-electron chi connectivity index (χ2n) is 3.32. The molecule has 0 aromatic rings. The molecule has 1 aliphatic rings. The molecule has 0 atom stereocenters. The van der Waals surface area contributed by atoms with E-state index in [2.05, 4.69) is 14.9 Å². The number of hydrogen-bond acceptors (Lipinski definition) is 2. The van der Waals surface area contributed by atoms with Crippen LogP contribution in [0.3, 0.4) is 0 Å². The number of rotatable bonds is 4. The molecule has 0 aromatic heterocycles. The maximum absolute atomic E-state index is 8.19. The molecule has 0 aliphatic carbocycles. The van der Waals surface area contributed by atoms with Crippen LogP contribution in [0, 0.1) is 0 Å². The summed E-state index contributed by atoms with van der Waals surface area (Å²) in [7, 11) is 0. The highest BCUT2D eigenvalue weighted by molar-refractivity contribution is 5.05. The van der Waals surface area contributed by atoms with Gasteiger partial charge in [0.25, 0.3) is 0 Å². The molecule has 13 heavy (non-hydrogen) atoms. The molecule has 72 valence electrons. The first-order valence-electron chi connectivity index (χ1n) is 4.74. The van der Waals surface area contributed by atoms with Gasteiger partial charge in [0.15, 0.2) is 0 Å². The number of nitrogens with zero attached hydrogens (tertiary/aromatic N) is 4. The molecule has 1 saturated heterocycles. The summed E-state index contributed by atoms with van der Waals surface area (Å²) in [6.07, 6.45) is 4.66. The van der Waals surface area contributed by atoms with Crippen molar-refractivity contribution < 1.29 is 0 Å². The van der Waals surface area contributed by atoms with Gasteiger partial charge in [-0.25, -0.2) is 0 Å². The minimum atomic E-state index is 0.517. The number of azide groups is 1. The van der Waals surface area contributed by atoms with Crippen LogP contribution in [0.2, 0.25) is 0 Å². The number of hydrogen-bond donors (Lipinski definition) is 0. The predicted octanol–water partition coefficient (Wildman–Crippen LogP) is 2.34. The Kier molecular flexibility index (Phi) is 4.36. The lowest BCUT2D eigenvalue weighted by molar-refractivity contribution is 0.367. The van der Waals surface area contributed by atoms with E-state index in [0.29, 0.717) is 6.54 Å². The van der Waals surface area contributed by atoms with E-state index in [9.17, 15) is 0 Å². The van der Waals surface area contributed by atoms with Gasteiger partial charge in [-0.05, 0) is 38.4 Å². The zero-order chi connectivity index (χ0) is 9.52. The summed E-state index contributed by atoms with van der Waals surface area (Å²) in [5.74, 6) is 0. The summed E-state index contributed by atoms with van der Waals surface area (Å²) in [5.41, 5.74) is 9.41. The molecule has 1 heterocycles. The van der Waals surface area contributed by atoms with Crippen molar-refractivity contribution in [2.24, 2.45) is 5.11 Å². The van der Waals surface area contributed by atoms with Gasteiger partial charge in [-0.3, -0.25) is 4.90 Å². The van der Waals surface area contributed by atoms with Crippen molar-refractivity contribution in [2.75, 3.05) is 26.2 Å². The molecule has 0 amide bonds. The van der Waals surface area contributed by atoms with E-state index < -0.39 is 0 Å². The van der Waals surface area contributed by atoms with Crippen molar-refractivity contribution in [1.82, 2.24) is 4.90 Å². The molecule has 0 unspecified atom stereocenters. The SMILES string of the molecule is CC=C(CN=[N+]=[N-])CN1CCCC1. The average molecular weight is 180 g/mol. The van der Waals surface area contributed by atoms with Crippen LogP contribution in [-0.4, -0.2) is 31.1 Å². The minimum Gasteiger partial charge on any atom is -0.299 e. The van der Waals surface area contributed by atoms with Gasteiger partial charge in [0.05, 0.1) is 0 Å². The van der Waals surface area contributed by atoms with Crippen molar-refractivity contribution in [2.45, 2.75) is 19.8 Å². The highest BCUT2D eigenvalue weighted by atomic mass is 15.2. The smallest absolute Gasteiger partial charge is 0.0482 e. The Morgan fingerprint density at radius 2 is 2.23 bits per heavy atom. The molecule has 1 fully saturated rings. The molecule has 0 aromatic carbocycles. The molecule has 4 nitrogen and oxygen atoms in total. The third kappa shape index (κ3) is 3.49. The van der Waals surface area contributed by atoms with Crippen molar-refractivity contribution >= 4 is 0 Å². The van der Waals surface area contributed by atoms with Crippen LogP contribution in [0.15, 0.2) is 16.8 Å². The first kappa shape index (κ1) is 10.1. The van der Waals surface area contributed by atoms with Crippen LogP contribution in [0.5, 0.6) is 0 Å². The summed E-state index contributed by atoms with van der Waals surface area (Å²) in [6.45, 7) is 5.86. The van der Waals surface area contributed by atoms with Crippen LogP contribution in [0.25, 0.3) is 10.4 Å². The fraction of sp³-hybridized carbons (Fsp3) is 0.778. The second-order valence-corrected chi connectivity index (χ2v) is 3.32. The molecule has 1 rings (SSSR count). The lowest BCUT2D eigenvalue weighted by atomic mass is 10.2. The van der Waals surface area contributed by atoms with Gasteiger partial charge in [0, 0.05) is 18.0 Å². The van der Waals surface area contributed by atoms with Crippen LogP contribution in [-0.2, 0) is 0 Å². The molecule has 0 bridgehead atoms. The number of allylic oxidation sites excluding steroid dienone is 1. The second kappa shape index (κ2) is 5.62. The van der Waals surface area contributed by atoms with E-state index in [-0.39, 0.29) is 0 Å². The van der Waals surface area contributed by atoms with Gasteiger partial charge in [-0.1, -0.05) is 16.8 Å². The van der Waals surface area contributed by atoms with E-state index in [1.165, 1.54) is 31.5 Å². The van der Waals surface area contributed by atoms with Crippen molar-refractivity contribution in [1.29, 1.82) is 0 Å². The Hall–Kier alpha value is -0.990. The molecule has 0 N–H and O–H groups in total. The Morgan fingerprint density at radius 3 is 2.77 bits per heavy atom. The Bertz CT molecular complexity index is 222. The van der Waals surface area contributed by atoms with Gasteiger partial charge in [-0.2, -0.15) is 0 Å². The van der Waals surface area contributed by atoms with Crippen molar-refractivity contribution in [3.05, 3.63) is 22.1 Å². The monoisotopic (exact) mass is 180 g/mol. The summed E-state index contributed by atoms with van der Waals surface area (Å²) in [6, 6.07) is 0. The molecule has 1 aliphatic heterocycles. The van der Waals surface area contributed by atoms with Gasteiger partial charge < -0.3 is 0 Å². The Balaban J connectivity index is 2.34. The summed E-state index contributed by atoms with van der Waals surface area (Å²) >= 11 is 0. The number of likely N-dealkylation sites (tertiary alicyclic amines) is 1.